The lowest BCUT2D eigenvalue weighted by atomic mass is 10.1. The van der Waals surface area contributed by atoms with Crippen molar-refractivity contribution >= 4 is 20.4 Å². The van der Waals surface area contributed by atoms with Crippen LogP contribution in [0.1, 0.15) is 104 Å². The van der Waals surface area contributed by atoms with Crippen LogP contribution in [-0.4, -0.2) is 41.9 Å². The first-order valence-corrected chi connectivity index (χ1v) is 19.9. The van der Waals surface area contributed by atoms with Gasteiger partial charge in [-0.25, -0.2) is 0 Å². The van der Waals surface area contributed by atoms with E-state index in [-0.39, 0.29) is 26.2 Å². The molecule has 0 aliphatic heterocycles. The smallest absolute Gasteiger partial charge is 0.488 e. The van der Waals surface area contributed by atoms with E-state index >= 15 is 0 Å². The van der Waals surface area contributed by atoms with E-state index in [9.17, 15) is 21.6 Å². The predicted molar refractivity (Wildman–Crippen MR) is 200 cm³/mol. The summed E-state index contributed by atoms with van der Waals surface area (Å²) in [5.74, 6) is 1.38. The molecule has 0 fully saturated rings. The number of halogens is 3. The molecule has 0 amide bonds. The molecule has 292 valence electrons. The summed E-state index contributed by atoms with van der Waals surface area (Å²) in [6.45, 7) is 27.5. The lowest BCUT2D eigenvalue weighted by Gasteiger charge is -2.40. The highest BCUT2D eigenvalue weighted by Gasteiger charge is 2.53. The van der Waals surface area contributed by atoms with Crippen LogP contribution >= 0.6 is 10.3 Å². The van der Waals surface area contributed by atoms with Gasteiger partial charge in [0.1, 0.15) is 33.8 Å². The molecule has 3 aromatic rings. The van der Waals surface area contributed by atoms with Crippen LogP contribution < -0.4 is 23.7 Å². The van der Waals surface area contributed by atoms with Crippen LogP contribution in [0.15, 0.2) is 75.4 Å². The number of hydrogen-bond acceptors (Lipinski definition) is 8. The molecule has 0 unspecified atom stereocenters. The quantitative estimate of drug-likeness (QED) is 0.188. The second kappa shape index (κ2) is 14.5. The van der Waals surface area contributed by atoms with Gasteiger partial charge in [-0.1, -0.05) is 0 Å². The maximum Gasteiger partial charge on any atom is 0.524 e. The van der Waals surface area contributed by atoms with Crippen LogP contribution in [0.2, 0.25) is 0 Å². The van der Waals surface area contributed by atoms with E-state index in [1.807, 2.05) is 104 Å². The summed E-state index contributed by atoms with van der Waals surface area (Å²) in [5, 5.41) is 0. The molecule has 0 heterocycles. The van der Waals surface area contributed by atoms with E-state index in [1.165, 1.54) is 36.4 Å². The SMILES string of the molecule is CC(C)(C)Oc1ccc(S(OS(=O)(=O)C(F)(F)F)(c2ccc(OC(C)(C)C)c(OC(C)(C)C)c2)c2ccc(OC(C)(C)C)c(OC(C)(C)C)c2)cc1. The van der Waals surface area contributed by atoms with E-state index in [0.717, 1.165) is 0 Å². The maximum absolute atomic E-state index is 14.5. The van der Waals surface area contributed by atoms with E-state index in [1.54, 1.807) is 24.3 Å². The lowest BCUT2D eigenvalue weighted by molar-refractivity contribution is -0.0496. The monoisotopic (exact) mass is 772 g/mol. The van der Waals surface area contributed by atoms with Gasteiger partial charge in [-0.15, -0.1) is 0 Å². The Balaban J connectivity index is 2.60. The standard InChI is InChI=1S/C39H55F3O8S2/c1-34(2,3)45-26-16-18-27(19-17-26)51(50-52(43,44)39(40,41)42,28-20-22-30(46-35(4,5)6)32(24-28)48-37(10,11)12)29-21-23-31(47-36(7,8)9)33(25-29)49-38(13,14)15/h16-25H,1-15H3. The van der Waals surface area contributed by atoms with Crippen LogP contribution in [0.4, 0.5) is 13.2 Å². The average molecular weight is 773 g/mol. The average Bonchev–Trinajstić information content (AvgIpc) is 2.89. The van der Waals surface area contributed by atoms with Crippen LogP contribution in [0.5, 0.6) is 28.7 Å². The highest BCUT2D eigenvalue weighted by Crippen LogP contribution is 2.72. The van der Waals surface area contributed by atoms with E-state index < -0.39 is 53.9 Å². The molecule has 3 rings (SSSR count). The van der Waals surface area contributed by atoms with Crippen LogP contribution in [-0.2, 0) is 13.7 Å². The summed E-state index contributed by atoms with van der Waals surface area (Å²) >= 11 is 0. The summed E-state index contributed by atoms with van der Waals surface area (Å²) in [6, 6.07) is 15.2. The van der Waals surface area contributed by atoms with Crippen LogP contribution in [0, 0.1) is 0 Å². The molecule has 0 aliphatic rings. The lowest BCUT2D eigenvalue weighted by Crippen LogP contribution is -2.28. The molecule has 13 heteroatoms. The highest BCUT2D eigenvalue weighted by molar-refractivity contribution is 8.33. The third kappa shape index (κ3) is 11.9. The second-order valence-corrected chi connectivity index (χ2v) is 21.7. The van der Waals surface area contributed by atoms with Gasteiger partial charge in [0, 0.05) is 14.7 Å². The van der Waals surface area contributed by atoms with Crippen molar-refractivity contribution in [1.29, 1.82) is 0 Å². The summed E-state index contributed by atoms with van der Waals surface area (Å²) in [6.07, 6.45) is 0. The Labute approximate surface area is 309 Å². The minimum atomic E-state index is -6.25. The van der Waals surface area contributed by atoms with Crippen molar-refractivity contribution in [2.45, 2.75) is 152 Å². The Morgan fingerprint density at radius 1 is 0.423 bits per heavy atom. The first kappa shape index (κ1) is 43.1. The van der Waals surface area contributed by atoms with Gasteiger partial charge in [0.15, 0.2) is 23.0 Å². The van der Waals surface area contributed by atoms with Gasteiger partial charge >= 0.3 is 15.6 Å². The Kier molecular flexibility index (Phi) is 12.0. The van der Waals surface area contributed by atoms with Gasteiger partial charge in [0.05, 0.1) is 0 Å². The van der Waals surface area contributed by atoms with Crippen molar-refractivity contribution in [3.63, 3.8) is 0 Å². The fraction of sp³-hybridized carbons (Fsp3) is 0.538. The molecule has 8 nitrogen and oxygen atoms in total. The van der Waals surface area contributed by atoms with Gasteiger partial charge in [-0.3, -0.25) is 0 Å². The molecule has 0 aromatic heterocycles. The second-order valence-electron chi connectivity index (χ2n) is 17.3. The summed E-state index contributed by atoms with van der Waals surface area (Å²) in [4.78, 5) is 0.284. The molecule has 0 spiro atoms. The number of alkyl halides is 3. The Morgan fingerprint density at radius 2 is 0.731 bits per heavy atom. The summed E-state index contributed by atoms with van der Waals surface area (Å²) in [7, 11) is -10.1. The van der Waals surface area contributed by atoms with E-state index in [4.69, 9.17) is 27.3 Å². The fourth-order valence-electron chi connectivity index (χ4n) is 4.73. The third-order valence-corrected chi connectivity index (χ3v) is 11.1. The van der Waals surface area contributed by atoms with E-state index in [0.29, 0.717) is 17.2 Å². The molecular weight excluding hydrogens is 718 g/mol. The van der Waals surface area contributed by atoms with Crippen molar-refractivity contribution in [2.75, 3.05) is 0 Å². The van der Waals surface area contributed by atoms with Gasteiger partial charge in [0.2, 0.25) is 0 Å². The highest BCUT2D eigenvalue weighted by atomic mass is 32.3. The Bertz CT molecular complexity index is 1720. The largest absolute Gasteiger partial charge is 0.524 e. The first-order chi connectivity index (χ1) is 23.2. The van der Waals surface area contributed by atoms with Gasteiger partial charge in [-0.2, -0.15) is 25.2 Å². The molecule has 0 radical (unpaired) electrons. The van der Waals surface area contributed by atoms with Crippen molar-refractivity contribution < 1.29 is 48.9 Å². The summed E-state index contributed by atoms with van der Waals surface area (Å²) in [5.41, 5.74) is -9.27. The van der Waals surface area contributed by atoms with Crippen molar-refractivity contribution in [2.24, 2.45) is 0 Å². The molecule has 0 bridgehead atoms. The maximum atomic E-state index is 14.5. The van der Waals surface area contributed by atoms with Crippen molar-refractivity contribution in [1.82, 2.24) is 0 Å². The number of hydrogen-bond donors (Lipinski definition) is 0. The number of rotatable bonds is 10. The molecule has 0 saturated carbocycles. The van der Waals surface area contributed by atoms with Crippen LogP contribution in [0.3, 0.4) is 0 Å². The van der Waals surface area contributed by atoms with E-state index in [2.05, 4.69) is 0 Å². The molecule has 0 saturated heterocycles. The Morgan fingerprint density at radius 3 is 1.04 bits per heavy atom. The topological polar surface area (TPSA) is 89.5 Å². The van der Waals surface area contributed by atoms with Crippen molar-refractivity contribution in [3.8, 4) is 28.7 Å². The number of benzene rings is 3. The van der Waals surface area contributed by atoms with Gasteiger partial charge in [-0.05, 0) is 175 Å². The molecule has 52 heavy (non-hydrogen) atoms. The zero-order chi connectivity index (χ0) is 39.9. The van der Waals surface area contributed by atoms with Crippen molar-refractivity contribution in [3.05, 3.63) is 60.7 Å². The van der Waals surface area contributed by atoms with Gasteiger partial charge < -0.3 is 23.7 Å². The molecule has 0 aliphatic carbocycles. The first-order valence-electron chi connectivity index (χ1n) is 16.9. The fourth-order valence-corrected chi connectivity index (χ4v) is 9.46. The third-order valence-electron chi connectivity index (χ3n) is 6.21. The minimum Gasteiger partial charge on any atom is -0.488 e. The minimum absolute atomic E-state index is 0.0801. The zero-order valence-corrected chi connectivity index (χ0v) is 34.6. The molecule has 0 N–H and O–H groups in total. The summed E-state index contributed by atoms with van der Waals surface area (Å²) < 4.78 is 107. The molecular formula is C39H55F3O8S2. The number of ether oxygens (including phenoxy) is 5. The van der Waals surface area contributed by atoms with Crippen LogP contribution in [0.25, 0.3) is 0 Å². The molecule has 3 aromatic carbocycles. The van der Waals surface area contributed by atoms with Gasteiger partial charge in [0.25, 0.3) is 0 Å². The predicted octanol–water partition coefficient (Wildman–Crippen LogP) is 11.6. The zero-order valence-electron chi connectivity index (χ0n) is 33.0. The molecule has 0 atom stereocenters. The normalized spacial score (nSPS) is 14.1. The Hall–Kier alpha value is -3.29.